The SMILES string of the molecule is N#Cc1ccc(CN2CCN(C(=O)C=Cc3cc(Cl)c4c(c3)OCCCO4)CC2)cc1. The Kier molecular flexibility index (Phi) is 6.76. The van der Waals surface area contributed by atoms with Crippen LogP contribution in [0.1, 0.15) is 23.1 Å². The van der Waals surface area contributed by atoms with Crippen LogP contribution in [0.3, 0.4) is 0 Å². The monoisotopic (exact) mass is 437 g/mol. The molecule has 2 heterocycles. The molecule has 1 saturated heterocycles. The van der Waals surface area contributed by atoms with E-state index in [1.807, 2.05) is 35.2 Å². The van der Waals surface area contributed by atoms with Crippen molar-refractivity contribution in [1.29, 1.82) is 5.26 Å². The first kappa shape index (κ1) is 21.2. The van der Waals surface area contributed by atoms with Gasteiger partial charge < -0.3 is 14.4 Å². The van der Waals surface area contributed by atoms with E-state index < -0.39 is 0 Å². The van der Waals surface area contributed by atoms with Gasteiger partial charge in [0, 0.05) is 45.2 Å². The predicted molar refractivity (Wildman–Crippen MR) is 119 cm³/mol. The lowest BCUT2D eigenvalue weighted by molar-refractivity contribution is -0.127. The molecule has 2 aliphatic heterocycles. The third-order valence-electron chi connectivity index (χ3n) is 5.42. The normalized spacial score (nSPS) is 16.7. The molecular formula is C24H24ClN3O3. The van der Waals surface area contributed by atoms with Crippen LogP contribution in [0.4, 0.5) is 0 Å². The number of amides is 1. The van der Waals surface area contributed by atoms with Crippen LogP contribution in [0.15, 0.2) is 42.5 Å². The van der Waals surface area contributed by atoms with Gasteiger partial charge in [0.2, 0.25) is 5.91 Å². The number of rotatable bonds is 4. The molecule has 2 aliphatic rings. The Bertz CT molecular complexity index is 1010. The van der Waals surface area contributed by atoms with E-state index in [2.05, 4.69) is 11.0 Å². The van der Waals surface area contributed by atoms with Crippen LogP contribution in [0.5, 0.6) is 11.5 Å². The summed E-state index contributed by atoms with van der Waals surface area (Å²) in [5.74, 6) is 1.18. The molecule has 2 aromatic rings. The maximum Gasteiger partial charge on any atom is 0.246 e. The van der Waals surface area contributed by atoms with E-state index in [-0.39, 0.29) is 5.91 Å². The molecule has 31 heavy (non-hydrogen) atoms. The molecular weight excluding hydrogens is 414 g/mol. The highest BCUT2D eigenvalue weighted by molar-refractivity contribution is 6.32. The summed E-state index contributed by atoms with van der Waals surface area (Å²) in [6, 6.07) is 13.4. The van der Waals surface area contributed by atoms with Gasteiger partial charge in [0.25, 0.3) is 0 Å². The highest BCUT2D eigenvalue weighted by Crippen LogP contribution is 2.38. The molecule has 0 atom stereocenters. The van der Waals surface area contributed by atoms with Gasteiger partial charge in [-0.05, 0) is 41.5 Å². The van der Waals surface area contributed by atoms with Gasteiger partial charge in [0.1, 0.15) is 0 Å². The minimum absolute atomic E-state index is 0.0127. The molecule has 0 bridgehead atoms. The lowest BCUT2D eigenvalue weighted by atomic mass is 10.1. The Morgan fingerprint density at radius 3 is 2.58 bits per heavy atom. The summed E-state index contributed by atoms with van der Waals surface area (Å²) < 4.78 is 11.4. The van der Waals surface area contributed by atoms with Crippen LogP contribution in [-0.2, 0) is 11.3 Å². The fourth-order valence-corrected chi connectivity index (χ4v) is 3.96. The summed E-state index contributed by atoms with van der Waals surface area (Å²) in [5.41, 5.74) is 2.65. The molecule has 1 fully saturated rings. The number of carbonyl (C=O) groups is 1. The van der Waals surface area contributed by atoms with Crippen LogP contribution >= 0.6 is 11.6 Å². The standard InChI is InChI=1S/C24H24ClN3O3/c25-21-14-20(15-22-24(21)31-13-1-12-30-22)6-7-23(29)28-10-8-27(9-11-28)17-19-4-2-18(16-26)3-5-19/h2-7,14-15H,1,8-13,17H2. The highest BCUT2D eigenvalue weighted by atomic mass is 35.5. The Balaban J connectivity index is 1.31. The second-order valence-corrected chi connectivity index (χ2v) is 8.03. The summed E-state index contributed by atoms with van der Waals surface area (Å²) in [4.78, 5) is 16.8. The Hall–Kier alpha value is -3.01. The molecule has 0 N–H and O–H groups in total. The maximum absolute atomic E-state index is 12.6. The molecule has 0 radical (unpaired) electrons. The number of halogens is 1. The van der Waals surface area contributed by atoms with Crippen molar-refractivity contribution in [1.82, 2.24) is 9.80 Å². The second-order valence-electron chi connectivity index (χ2n) is 7.62. The van der Waals surface area contributed by atoms with Gasteiger partial charge in [-0.1, -0.05) is 23.7 Å². The quantitative estimate of drug-likeness (QED) is 0.682. The van der Waals surface area contributed by atoms with Crippen molar-refractivity contribution >= 4 is 23.6 Å². The summed E-state index contributed by atoms with van der Waals surface area (Å²) >= 11 is 6.33. The van der Waals surface area contributed by atoms with E-state index in [1.54, 1.807) is 18.2 Å². The number of fused-ring (bicyclic) bond motifs is 1. The number of hydrogen-bond donors (Lipinski definition) is 0. The number of nitrogens with zero attached hydrogens (tertiary/aromatic N) is 3. The zero-order chi connectivity index (χ0) is 21.6. The molecule has 0 unspecified atom stereocenters. The van der Waals surface area contributed by atoms with E-state index >= 15 is 0 Å². The second kappa shape index (κ2) is 9.86. The smallest absolute Gasteiger partial charge is 0.246 e. The number of piperazine rings is 1. The minimum atomic E-state index is -0.0127. The van der Waals surface area contributed by atoms with Crippen molar-refractivity contribution in [3.8, 4) is 17.6 Å². The highest BCUT2D eigenvalue weighted by Gasteiger charge is 2.20. The number of carbonyl (C=O) groups excluding carboxylic acids is 1. The van der Waals surface area contributed by atoms with E-state index in [0.29, 0.717) is 48.4 Å². The van der Waals surface area contributed by atoms with E-state index in [0.717, 1.165) is 31.6 Å². The van der Waals surface area contributed by atoms with Gasteiger partial charge in [0.05, 0.1) is 29.9 Å². The first-order valence-corrected chi connectivity index (χ1v) is 10.8. The number of hydrogen-bond acceptors (Lipinski definition) is 5. The average Bonchev–Trinajstić information content (AvgIpc) is 3.04. The van der Waals surface area contributed by atoms with Crippen LogP contribution in [-0.4, -0.2) is 55.1 Å². The van der Waals surface area contributed by atoms with Gasteiger partial charge >= 0.3 is 0 Å². The minimum Gasteiger partial charge on any atom is -0.489 e. The zero-order valence-electron chi connectivity index (χ0n) is 17.2. The van der Waals surface area contributed by atoms with Crippen molar-refractivity contribution in [2.45, 2.75) is 13.0 Å². The predicted octanol–water partition coefficient (Wildman–Crippen LogP) is 3.73. The fourth-order valence-electron chi connectivity index (χ4n) is 3.69. The van der Waals surface area contributed by atoms with Crippen molar-refractivity contribution in [2.75, 3.05) is 39.4 Å². The number of ether oxygens (including phenoxy) is 2. The lowest BCUT2D eigenvalue weighted by Gasteiger charge is -2.34. The van der Waals surface area contributed by atoms with Crippen molar-refractivity contribution in [2.24, 2.45) is 0 Å². The van der Waals surface area contributed by atoms with Gasteiger partial charge in [-0.2, -0.15) is 5.26 Å². The van der Waals surface area contributed by atoms with Crippen LogP contribution in [0.2, 0.25) is 5.02 Å². The largest absolute Gasteiger partial charge is 0.489 e. The number of nitriles is 1. The molecule has 0 aromatic heterocycles. The molecule has 0 spiro atoms. The van der Waals surface area contributed by atoms with E-state index in [9.17, 15) is 4.79 Å². The average molecular weight is 438 g/mol. The number of benzene rings is 2. The zero-order valence-corrected chi connectivity index (χ0v) is 18.0. The summed E-state index contributed by atoms with van der Waals surface area (Å²) in [5, 5.41) is 9.39. The molecule has 1 amide bonds. The first-order valence-electron chi connectivity index (χ1n) is 10.4. The molecule has 2 aromatic carbocycles. The van der Waals surface area contributed by atoms with Gasteiger partial charge in [0.15, 0.2) is 11.5 Å². The molecule has 6 nitrogen and oxygen atoms in total. The lowest BCUT2D eigenvalue weighted by Crippen LogP contribution is -2.47. The molecule has 0 saturated carbocycles. The molecule has 160 valence electrons. The molecule has 0 aliphatic carbocycles. The Labute approximate surface area is 187 Å². The fraction of sp³-hybridized carbons (Fsp3) is 0.333. The van der Waals surface area contributed by atoms with Crippen LogP contribution < -0.4 is 9.47 Å². The van der Waals surface area contributed by atoms with Gasteiger partial charge in [-0.3, -0.25) is 9.69 Å². The van der Waals surface area contributed by atoms with Crippen molar-refractivity contribution < 1.29 is 14.3 Å². The summed E-state index contributed by atoms with van der Waals surface area (Å²) in [6.07, 6.45) is 4.17. The third-order valence-corrected chi connectivity index (χ3v) is 5.70. The topological polar surface area (TPSA) is 65.8 Å². The van der Waals surface area contributed by atoms with E-state index in [1.165, 1.54) is 5.56 Å². The van der Waals surface area contributed by atoms with Crippen LogP contribution in [0.25, 0.3) is 6.08 Å². The van der Waals surface area contributed by atoms with Gasteiger partial charge in [-0.15, -0.1) is 0 Å². The van der Waals surface area contributed by atoms with E-state index in [4.69, 9.17) is 26.3 Å². The Morgan fingerprint density at radius 2 is 1.84 bits per heavy atom. The van der Waals surface area contributed by atoms with Crippen molar-refractivity contribution in [3.63, 3.8) is 0 Å². The molecule has 4 rings (SSSR count). The first-order chi connectivity index (χ1) is 15.1. The van der Waals surface area contributed by atoms with Gasteiger partial charge in [-0.25, -0.2) is 0 Å². The van der Waals surface area contributed by atoms with Crippen LogP contribution in [0, 0.1) is 11.3 Å². The third kappa shape index (κ3) is 5.38. The van der Waals surface area contributed by atoms with Crippen molar-refractivity contribution in [3.05, 3.63) is 64.2 Å². The molecule has 7 heteroatoms. The Morgan fingerprint density at radius 1 is 1.10 bits per heavy atom. The summed E-state index contributed by atoms with van der Waals surface area (Å²) in [6.45, 7) is 4.98. The summed E-state index contributed by atoms with van der Waals surface area (Å²) in [7, 11) is 0. The maximum atomic E-state index is 12.6.